The van der Waals surface area contributed by atoms with E-state index >= 15 is 0 Å². The van der Waals surface area contributed by atoms with Crippen LogP contribution in [0.4, 0.5) is 0 Å². The summed E-state index contributed by atoms with van der Waals surface area (Å²) < 4.78 is 21.7. The molecule has 131 valence electrons. The van der Waals surface area contributed by atoms with Gasteiger partial charge in [0.2, 0.25) is 0 Å². The number of halogens is 2. The number of hydrogen-bond acceptors (Lipinski definition) is 2. The van der Waals surface area contributed by atoms with E-state index in [4.69, 9.17) is 4.43 Å². The van der Waals surface area contributed by atoms with Gasteiger partial charge in [-0.25, -0.2) is 0 Å². The van der Waals surface area contributed by atoms with E-state index in [1.54, 1.807) is 7.63 Å². The van der Waals surface area contributed by atoms with Gasteiger partial charge in [-0.1, -0.05) is 0 Å². The van der Waals surface area contributed by atoms with Gasteiger partial charge in [0.15, 0.2) is 0 Å². The van der Waals surface area contributed by atoms with Crippen molar-refractivity contribution in [1.82, 2.24) is 0 Å². The monoisotopic (exact) mass is 419 g/mol. The maximum absolute atomic E-state index is 13.7. The van der Waals surface area contributed by atoms with Crippen molar-refractivity contribution in [2.24, 2.45) is 5.92 Å². The fraction of sp³-hybridized carbons (Fsp3) is 0.733. The Labute approximate surface area is 152 Å². The van der Waals surface area contributed by atoms with Gasteiger partial charge < -0.3 is 0 Å². The van der Waals surface area contributed by atoms with Crippen molar-refractivity contribution in [3.05, 3.63) is 20.6 Å². The van der Waals surface area contributed by atoms with Crippen LogP contribution in [0.25, 0.3) is 0 Å². The summed E-state index contributed by atoms with van der Waals surface area (Å²) in [7, 11) is 0.264. The van der Waals surface area contributed by atoms with Crippen LogP contribution < -0.4 is 0 Å². The second-order valence-electron chi connectivity index (χ2n) is 7.93. The van der Waals surface area contributed by atoms with Crippen molar-refractivity contribution in [3.8, 4) is 0 Å². The number of hydrogen-bond donors (Lipinski definition) is 0. The van der Waals surface area contributed by atoms with Gasteiger partial charge >= 0.3 is 128 Å². The zero-order valence-corrected chi connectivity index (χ0v) is 20.9. The van der Waals surface area contributed by atoms with Crippen molar-refractivity contribution in [1.29, 1.82) is 0 Å². The van der Waals surface area contributed by atoms with Gasteiger partial charge in [-0.3, -0.25) is 0 Å². The first kappa shape index (κ1) is 25.2. The minimum Gasteiger partial charge on any atom is -0.147 e. The third-order valence-corrected chi connectivity index (χ3v) is 14.8. The first-order valence-corrected chi connectivity index (χ1v) is 19.1. The molecule has 1 atom stereocenters. The van der Waals surface area contributed by atoms with Crippen LogP contribution in [0.1, 0.15) is 27.7 Å². The minimum atomic E-state index is -3.81. The minimum absolute atomic E-state index is 0. The largest absolute Gasteiger partial charge is 0.147 e. The molecule has 0 saturated heterocycles. The Balaban J connectivity index is 0. The molecule has 0 N–H and O–H groups in total. The summed E-state index contributed by atoms with van der Waals surface area (Å²) in [5.41, 5.74) is 4.02. The van der Waals surface area contributed by atoms with E-state index in [2.05, 4.69) is 47.3 Å². The van der Waals surface area contributed by atoms with Crippen molar-refractivity contribution >= 4 is 40.8 Å². The van der Waals surface area contributed by atoms with Crippen LogP contribution in [0, 0.1) is 5.92 Å². The predicted octanol–water partition coefficient (Wildman–Crippen LogP) is 4.99. The zero-order valence-electron chi connectivity index (χ0n) is 15.3. The Bertz CT molecular complexity index is 610. The average Bonchev–Trinajstić information content (AvgIpc) is 2.40. The summed E-state index contributed by atoms with van der Waals surface area (Å²) >= 11 is -3.81. The molecular formula is C15H33Cl2O2Si2Ti. The van der Waals surface area contributed by atoms with Crippen LogP contribution in [0.5, 0.6) is 0 Å². The molecule has 0 fully saturated rings. The molecule has 0 aromatic carbocycles. The Kier molecular flexibility index (Phi) is 9.05. The molecule has 2 nitrogen and oxygen atoms in total. The Morgan fingerprint density at radius 1 is 1.14 bits per heavy atom. The van der Waals surface area contributed by atoms with E-state index in [1.165, 1.54) is 20.6 Å². The van der Waals surface area contributed by atoms with E-state index < -0.39 is 22.3 Å². The summed E-state index contributed by atoms with van der Waals surface area (Å²) in [6.07, 6.45) is 0. The van der Waals surface area contributed by atoms with Gasteiger partial charge in [0.25, 0.3) is 0 Å². The Morgan fingerprint density at radius 2 is 1.59 bits per heavy atom. The normalized spacial score (nSPS) is 20.0. The SMILES string of the molecule is CC1=C(C)C(C)[C]([Ti]([CH3])(=[O])(=[SiH2])[CH2]CO[Si](C)(C)C)=C1C.Cl.Cl. The molecule has 1 unspecified atom stereocenters. The van der Waals surface area contributed by atoms with Gasteiger partial charge in [0.05, 0.1) is 0 Å². The molecule has 0 amide bonds. The molecule has 7 heteroatoms. The maximum Gasteiger partial charge on any atom is -0.147 e. The molecule has 0 spiro atoms. The Hall–Kier alpha value is 0.968. The van der Waals surface area contributed by atoms with Gasteiger partial charge in [-0.2, -0.15) is 0 Å². The molecule has 0 aromatic rings. The smallest absolute Gasteiger partial charge is 0.147 e. The molecule has 0 bridgehead atoms. The molecule has 1 aliphatic rings. The molecule has 22 heavy (non-hydrogen) atoms. The summed E-state index contributed by atoms with van der Waals surface area (Å²) in [5, 5.41) is 2.05. The fourth-order valence-electron chi connectivity index (χ4n) is 3.26. The van der Waals surface area contributed by atoms with Crippen molar-refractivity contribution in [2.75, 3.05) is 6.61 Å². The van der Waals surface area contributed by atoms with Crippen LogP contribution >= 0.6 is 24.8 Å². The van der Waals surface area contributed by atoms with Gasteiger partial charge in [0, 0.05) is 0 Å². The molecule has 1 rings (SSSR count). The first-order chi connectivity index (χ1) is 8.75. The van der Waals surface area contributed by atoms with Gasteiger partial charge in [-0.15, -0.1) is 24.8 Å². The van der Waals surface area contributed by atoms with Crippen LogP contribution in [0.3, 0.4) is 0 Å². The third kappa shape index (κ3) is 5.80. The molecule has 0 aliphatic heterocycles. The quantitative estimate of drug-likeness (QED) is 0.586. The molecule has 0 aromatic heterocycles. The van der Waals surface area contributed by atoms with Crippen molar-refractivity contribution in [2.45, 2.75) is 57.3 Å². The van der Waals surface area contributed by atoms with Crippen molar-refractivity contribution in [3.63, 3.8) is 0 Å². The standard InChI is InChI=1S/C9H13.C5H13OSi.CH3.2ClH.O.H2Si.Ti/c1-6-5-7(2)9(4)8(6)3;1-5-6-7(2,3)4;;;;;;/h6H,1-4H3;1,5H2,2-4H3;1H3;2*1H;;1H2;. The maximum atomic E-state index is 13.7. The van der Waals surface area contributed by atoms with E-state index in [0.29, 0.717) is 12.5 Å². The van der Waals surface area contributed by atoms with Gasteiger partial charge in [-0.05, 0) is 0 Å². The second kappa shape index (κ2) is 7.90. The number of rotatable bonds is 5. The molecule has 0 heterocycles. The second-order valence-corrected chi connectivity index (χ2v) is 28.4. The molecule has 0 radical (unpaired) electrons. The van der Waals surface area contributed by atoms with Crippen LogP contribution in [-0.4, -0.2) is 22.6 Å². The van der Waals surface area contributed by atoms with Crippen LogP contribution in [-0.2, 0) is 21.8 Å². The summed E-state index contributed by atoms with van der Waals surface area (Å²) in [6.45, 7) is 15.9. The molecule has 0 saturated carbocycles. The third-order valence-electron chi connectivity index (χ3n) is 4.69. The van der Waals surface area contributed by atoms with E-state index in [1.807, 2.05) is 5.23 Å². The Morgan fingerprint density at radius 3 is 1.91 bits per heavy atom. The van der Waals surface area contributed by atoms with E-state index in [0.717, 1.165) is 4.73 Å². The van der Waals surface area contributed by atoms with Crippen molar-refractivity contribution < 1.29 is 21.8 Å². The molecular weight excluding hydrogens is 387 g/mol. The van der Waals surface area contributed by atoms with Crippen LogP contribution in [0.2, 0.25) is 29.6 Å². The average molecular weight is 420 g/mol. The summed E-state index contributed by atoms with van der Waals surface area (Å²) in [6, 6.07) is 0. The number of allylic oxidation sites excluding steroid dienone is 4. The first-order valence-electron chi connectivity index (χ1n) is 7.56. The van der Waals surface area contributed by atoms with E-state index in [-0.39, 0.29) is 24.8 Å². The van der Waals surface area contributed by atoms with E-state index in [9.17, 15) is 3.32 Å². The fourth-order valence-corrected chi connectivity index (χ4v) is 12.9. The topological polar surface area (TPSA) is 26.3 Å². The predicted molar refractivity (Wildman–Crippen MR) is 104 cm³/mol. The summed E-state index contributed by atoms with van der Waals surface area (Å²) in [5.74, 6) is 0.346. The van der Waals surface area contributed by atoms with Gasteiger partial charge in [0.1, 0.15) is 0 Å². The summed E-state index contributed by atoms with van der Waals surface area (Å²) in [4.78, 5) is 0. The van der Waals surface area contributed by atoms with Crippen LogP contribution in [0.15, 0.2) is 20.6 Å². The molecule has 1 aliphatic carbocycles. The zero-order chi connectivity index (χ0) is 16.0.